The van der Waals surface area contributed by atoms with Crippen LogP contribution >= 0.6 is 0 Å². The van der Waals surface area contributed by atoms with Gasteiger partial charge in [-0.3, -0.25) is 0 Å². The van der Waals surface area contributed by atoms with Gasteiger partial charge in [-0.15, -0.1) is 0 Å². The van der Waals surface area contributed by atoms with E-state index in [2.05, 4.69) is 13.8 Å². The van der Waals surface area contributed by atoms with Gasteiger partial charge in [0, 0.05) is 0 Å². The maximum atomic E-state index is 13.1. The molecule has 0 unspecified atom stereocenters. The van der Waals surface area contributed by atoms with Crippen LogP contribution < -0.4 is 0 Å². The van der Waals surface area contributed by atoms with E-state index in [0.717, 1.165) is 25.7 Å². The molecule has 6 heteroatoms. The van der Waals surface area contributed by atoms with Crippen molar-refractivity contribution in [1.82, 2.24) is 0 Å². The zero-order valence-electron chi connectivity index (χ0n) is 12.4. The highest BCUT2D eigenvalue weighted by atomic mass is 19.4. The Hall–Kier alpha value is -0.420. The van der Waals surface area contributed by atoms with Gasteiger partial charge in [0.25, 0.3) is 0 Å². The van der Waals surface area contributed by atoms with E-state index >= 15 is 0 Å². The largest absolute Gasteiger partial charge is 0.403 e. The number of hydrogen-bond acceptors (Lipinski definition) is 0. The summed E-state index contributed by atoms with van der Waals surface area (Å²) in [6.45, 7) is 4.22. The molecule has 124 valence electrons. The number of rotatable bonds is 0. The highest BCUT2D eigenvalue weighted by Gasteiger charge is 2.71. The Kier molecular flexibility index (Phi) is 3.86. The summed E-state index contributed by atoms with van der Waals surface area (Å²) in [6.07, 6.45) is -8.65. The van der Waals surface area contributed by atoms with Gasteiger partial charge in [0.1, 0.15) is 0 Å². The van der Waals surface area contributed by atoms with Gasteiger partial charge in [-0.1, -0.05) is 13.8 Å². The second kappa shape index (κ2) is 4.79. The molecule has 0 radical (unpaired) electrons. The predicted molar refractivity (Wildman–Crippen MR) is 67.7 cm³/mol. The van der Waals surface area contributed by atoms with E-state index in [-0.39, 0.29) is 23.7 Å². The molecule has 0 amide bonds. The lowest BCUT2D eigenvalue weighted by atomic mass is 9.55. The van der Waals surface area contributed by atoms with Crippen molar-refractivity contribution in [2.24, 2.45) is 16.2 Å². The number of alkyl halides is 6. The van der Waals surface area contributed by atoms with Crippen LogP contribution in [-0.2, 0) is 0 Å². The lowest BCUT2D eigenvalue weighted by Crippen LogP contribution is -2.54. The third kappa shape index (κ3) is 2.91. The van der Waals surface area contributed by atoms with Crippen LogP contribution in [0.15, 0.2) is 0 Å². The molecule has 2 aliphatic rings. The second-order valence-electron chi connectivity index (χ2n) is 7.74. The molecule has 0 aromatic carbocycles. The first-order valence-electron chi connectivity index (χ1n) is 7.46. The fraction of sp³-hybridized carbons (Fsp3) is 1.00. The van der Waals surface area contributed by atoms with Crippen molar-refractivity contribution in [2.75, 3.05) is 0 Å². The average Bonchev–Trinajstić information content (AvgIpc) is 2.31. The Balaban J connectivity index is 2.15. The molecule has 2 aliphatic carbocycles. The SMILES string of the molecule is CC1(C)CCC2(CC1)CCC(C(F)(F)F)(C(F)(F)F)CC2. The van der Waals surface area contributed by atoms with Crippen molar-refractivity contribution in [2.45, 2.75) is 77.6 Å². The van der Waals surface area contributed by atoms with Crippen molar-refractivity contribution < 1.29 is 26.3 Å². The van der Waals surface area contributed by atoms with E-state index in [9.17, 15) is 26.3 Å². The minimum Gasteiger partial charge on any atom is -0.170 e. The van der Waals surface area contributed by atoms with Gasteiger partial charge < -0.3 is 0 Å². The van der Waals surface area contributed by atoms with Crippen LogP contribution in [0.25, 0.3) is 0 Å². The third-order valence-electron chi connectivity index (χ3n) is 5.91. The summed E-state index contributed by atoms with van der Waals surface area (Å²) >= 11 is 0. The van der Waals surface area contributed by atoms with Crippen molar-refractivity contribution in [3.8, 4) is 0 Å². The summed E-state index contributed by atoms with van der Waals surface area (Å²) in [5.74, 6) is 0. The summed E-state index contributed by atoms with van der Waals surface area (Å²) in [5.41, 5.74) is -3.62. The summed E-state index contributed by atoms with van der Waals surface area (Å²) in [6, 6.07) is 0. The molecule has 0 aromatic heterocycles. The average molecular weight is 316 g/mol. The minimum absolute atomic E-state index is 0.0437. The van der Waals surface area contributed by atoms with Crippen LogP contribution in [0.3, 0.4) is 0 Å². The van der Waals surface area contributed by atoms with Crippen LogP contribution in [0, 0.1) is 16.2 Å². The maximum absolute atomic E-state index is 13.1. The van der Waals surface area contributed by atoms with E-state index in [1.165, 1.54) is 0 Å². The van der Waals surface area contributed by atoms with E-state index in [4.69, 9.17) is 0 Å². The Morgan fingerprint density at radius 1 is 0.571 bits per heavy atom. The van der Waals surface area contributed by atoms with Crippen LogP contribution in [-0.4, -0.2) is 12.4 Å². The molecule has 2 rings (SSSR count). The molecular weight excluding hydrogens is 294 g/mol. The first kappa shape index (κ1) is 16.9. The van der Waals surface area contributed by atoms with Crippen molar-refractivity contribution in [1.29, 1.82) is 0 Å². The smallest absolute Gasteiger partial charge is 0.170 e. The normalized spacial score (nSPS) is 28.6. The monoisotopic (exact) mass is 316 g/mol. The topological polar surface area (TPSA) is 0 Å². The molecule has 0 aromatic rings. The lowest BCUT2D eigenvalue weighted by molar-refractivity contribution is -0.354. The van der Waals surface area contributed by atoms with Gasteiger partial charge >= 0.3 is 12.4 Å². The summed E-state index contributed by atoms with van der Waals surface area (Å²) < 4.78 is 78.3. The van der Waals surface area contributed by atoms with Crippen LogP contribution in [0.5, 0.6) is 0 Å². The molecule has 21 heavy (non-hydrogen) atoms. The fourth-order valence-electron chi connectivity index (χ4n) is 3.89. The van der Waals surface area contributed by atoms with E-state index < -0.39 is 30.6 Å². The first-order chi connectivity index (χ1) is 9.33. The van der Waals surface area contributed by atoms with E-state index in [1.807, 2.05) is 0 Å². The maximum Gasteiger partial charge on any atom is 0.403 e. The standard InChI is InChI=1S/C15H22F6/c1-11(2)3-5-12(6-4-11)7-9-13(10-8-12,14(16,17)18)15(19,20)21/h3-10H2,1-2H3. The number of hydrogen-bond donors (Lipinski definition) is 0. The van der Waals surface area contributed by atoms with Crippen LogP contribution in [0.2, 0.25) is 0 Å². The Labute approximate surface area is 121 Å². The summed E-state index contributed by atoms with van der Waals surface area (Å²) in [5, 5.41) is 0. The van der Waals surface area contributed by atoms with Crippen molar-refractivity contribution >= 4 is 0 Å². The first-order valence-corrected chi connectivity index (χ1v) is 7.46. The van der Waals surface area contributed by atoms with Crippen LogP contribution in [0.1, 0.15) is 65.2 Å². The van der Waals surface area contributed by atoms with Gasteiger partial charge in [0.05, 0.1) is 0 Å². The third-order valence-corrected chi connectivity index (χ3v) is 5.91. The van der Waals surface area contributed by atoms with Gasteiger partial charge in [-0.25, -0.2) is 0 Å². The molecule has 0 heterocycles. The lowest BCUT2D eigenvalue weighted by Gasteiger charge is -2.51. The van der Waals surface area contributed by atoms with E-state index in [1.54, 1.807) is 0 Å². The molecular formula is C15H22F6. The molecule has 2 saturated carbocycles. The van der Waals surface area contributed by atoms with Crippen LogP contribution in [0.4, 0.5) is 26.3 Å². The van der Waals surface area contributed by atoms with Gasteiger partial charge in [-0.2, -0.15) is 26.3 Å². The molecule has 0 atom stereocenters. The zero-order chi connectivity index (χ0) is 16.2. The highest BCUT2D eigenvalue weighted by molar-refractivity contribution is 5.02. The number of halogens is 6. The second-order valence-corrected chi connectivity index (χ2v) is 7.74. The van der Waals surface area contributed by atoms with Crippen molar-refractivity contribution in [3.05, 3.63) is 0 Å². The predicted octanol–water partition coefficient (Wildman–Crippen LogP) is 6.26. The molecule has 0 saturated heterocycles. The molecule has 0 nitrogen and oxygen atoms in total. The zero-order valence-corrected chi connectivity index (χ0v) is 12.4. The van der Waals surface area contributed by atoms with Crippen molar-refractivity contribution in [3.63, 3.8) is 0 Å². The molecule has 0 N–H and O–H groups in total. The Morgan fingerprint density at radius 3 is 1.24 bits per heavy atom. The molecule has 2 fully saturated rings. The van der Waals surface area contributed by atoms with E-state index in [0.29, 0.717) is 0 Å². The quantitative estimate of drug-likeness (QED) is 0.463. The Morgan fingerprint density at radius 2 is 0.905 bits per heavy atom. The van der Waals surface area contributed by atoms with Gasteiger partial charge in [0.2, 0.25) is 0 Å². The molecule has 0 aliphatic heterocycles. The highest BCUT2D eigenvalue weighted by Crippen LogP contribution is 2.64. The summed E-state index contributed by atoms with van der Waals surface area (Å²) in [7, 11) is 0. The summed E-state index contributed by atoms with van der Waals surface area (Å²) in [4.78, 5) is 0. The van der Waals surface area contributed by atoms with Gasteiger partial charge in [-0.05, 0) is 62.2 Å². The molecule has 1 spiro atoms. The minimum atomic E-state index is -5.21. The fourth-order valence-corrected chi connectivity index (χ4v) is 3.89. The van der Waals surface area contributed by atoms with Gasteiger partial charge in [0.15, 0.2) is 5.41 Å². The Bertz CT molecular complexity index is 354. The molecule has 0 bridgehead atoms.